The molecule has 0 bridgehead atoms. The fraction of sp³-hybridized carbons (Fsp3) is 0.280. The van der Waals surface area contributed by atoms with Crippen LogP contribution in [0.25, 0.3) is 0 Å². The van der Waals surface area contributed by atoms with Gasteiger partial charge in [0.2, 0.25) is 0 Å². The summed E-state index contributed by atoms with van der Waals surface area (Å²) in [6, 6.07) is 17.5. The van der Waals surface area contributed by atoms with Gasteiger partial charge in [-0.15, -0.1) is 0 Å². The van der Waals surface area contributed by atoms with Crippen molar-refractivity contribution in [2.45, 2.75) is 32.8 Å². The van der Waals surface area contributed by atoms with E-state index in [1.807, 2.05) is 51.1 Å². The van der Waals surface area contributed by atoms with Crippen molar-refractivity contribution in [2.75, 3.05) is 13.2 Å². The zero-order valence-electron chi connectivity index (χ0n) is 17.8. The van der Waals surface area contributed by atoms with Crippen LogP contribution in [0.3, 0.4) is 0 Å². The first-order valence-electron chi connectivity index (χ1n) is 10.0. The van der Waals surface area contributed by atoms with Gasteiger partial charge in [-0.2, -0.15) is 0 Å². The summed E-state index contributed by atoms with van der Waals surface area (Å²) in [7, 11) is 0. The Morgan fingerprint density at radius 3 is 2.26 bits per heavy atom. The van der Waals surface area contributed by atoms with Gasteiger partial charge < -0.3 is 14.2 Å². The van der Waals surface area contributed by atoms with Gasteiger partial charge in [0.15, 0.2) is 17.3 Å². The third-order valence-corrected chi connectivity index (χ3v) is 5.33. The lowest BCUT2D eigenvalue weighted by Crippen LogP contribution is -2.24. The summed E-state index contributed by atoms with van der Waals surface area (Å²) in [6.07, 6.45) is 0. The Bertz CT molecular complexity index is 1000. The molecule has 0 fully saturated rings. The molecule has 31 heavy (non-hydrogen) atoms. The Kier molecular flexibility index (Phi) is 7.82. The van der Waals surface area contributed by atoms with E-state index in [0.717, 1.165) is 11.1 Å². The van der Waals surface area contributed by atoms with Crippen LogP contribution in [-0.2, 0) is 16.8 Å². The van der Waals surface area contributed by atoms with Crippen LogP contribution < -0.4 is 9.47 Å². The molecule has 3 aromatic rings. The van der Waals surface area contributed by atoms with Crippen molar-refractivity contribution in [3.8, 4) is 17.2 Å². The van der Waals surface area contributed by atoms with E-state index in [4.69, 9.17) is 37.4 Å². The molecule has 0 saturated carbocycles. The molecule has 3 rings (SSSR count). The summed E-state index contributed by atoms with van der Waals surface area (Å²) in [4.78, 5) is 0. The zero-order chi connectivity index (χ0) is 22.4. The molecular formula is C25H25Cl2FO3. The van der Waals surface area contributed by atoms with Gasteiger partial charge in [0, 0.05) is 5.41 Å². The molecule has 0 amide bonds. The predicted molar refractivity (Wildman–Crippen MR) is 123 cm³/mol. The molecule has 3 aromatic carbocycles. The van der Waals surface area contributed by atoms with Crippen molar-refractivity contribution >= 4 is 23.2 Å². The molecule has 6 heteroatoms. The number of ether oxygens (including phenoxy) is 3. The van der Waals surface area contributed by atoms with Gasteiger partial charge in [0.05, 0.1) is 29.9 Å². The highest BCUT2D eigenvalue weighted by molar-refractivity contribution is 6.37. The first-order valence-corrected chi connectivity index (χ1v) is 10.8. The van der Waals surface area contributed by atoms with Gasteiger partial charge in [0.25, 0.3) is 0 Å². The molecule has 164 valence electrons. The third kappa shape index (κ3) is 6.13. The summed E-state index contributed by atoms with van der Waals surface area (Å²) in [5, 5.41) is 0.942. The van der Waals surface area contributed by atoms with Gasteiger partial charge in [-0.3, -0.25) is 0 Å². The summed E-state index contributed by atoms with van der Waals surface area (Å²) >= 11 is 12.7. The first-order chi connectivity index (χ1) is 14.8. The molecule has 0 atom stereocenters. The minimum absolute atomic E-state index is 0.164. The van der Waals surface area contributed by atoms with E-state index in [1.54, 1.807) is 24.3 Å². The summed E-state index contributed by atoms with van der Waals surface area (Å²) < 4.78 is 31.2. The monoisotopic (exact) mass is 462 g/mol. The standard InChI is InChI=1S/C25H25Cl2FO3/c1-4-30-24-20(26)13-18(14-21(24)27)25(2,3)16-29-15-17-10-11-22(28)23(12-17)31-19-8-6-5-7-9-19/h5-14H,4,15-16H2,1-3H3. The number of halogens is 3. The Balaban J connectivity index is 1.66. The molecule has 0 N–H and O–H groups in total. The molecule has 0 aliphatic rings. The molecule has 0 unspecified atom stereocenters. The SMILES string of the molecule is CCOc1c(Cl)cc(C(C)(C)COCc2ccc(F)c(Oc3ccccc3)c2)cc1Cl. The van der Waals surface area contributed by atoms with Crippen molar-refractivity contribution in [2.24, 2.45) is 0 Å². The van der Waals surface area contributed by atoms with Crippen molar-refractivity contribution in [1.82, 2.24) is 0 Å². The average Bonchev–Trinajstić information content (AvgIpc) is 2.73. The molecule has 0 saturated heterocycles. The summed E-state index contributed by atoms with van der Waals surface area (Å²) in [5.41, 5.74) is 1.41. The van der Waals surface area contributed by atoms with E-state index in [9.17, 15) is 4.39 Å². The zero-order valence-corrected chi connectivity index (χ0v) is 19.3. The second kappa shape index (κ2) is 10.4. The summed E-state index contributed by atoms with van der Waals surface area (Å²) in [6.45, 7) is 7.18. The van der Waals surface area contributed by atoms with E-state index in [2.05, 4.69) is 0 Å². The van der Waals surface area contributed by atoms with Gasteiger partial charge in [-0.25, -0.2) is 4.39 Å². The number of para-hydroxylation sites is 1. The second-order valence-electron chi connectivity index (χ2n) is 7.76. The quantitative estimate of drug-likeness (QED) is 0.324. The molecule has 3 nitrogen and oxygen atoms in total. The fourth-order valence-electron chi connectivity index (χ4n) is 3.07. The lowest BCUT2D eigenvalue weighted by molar-refractivity contribution is 0.0823. The topological polar surface area (TPSA) is 27.7 Å². The van der Waals surface area contributed by atoms with E-state index in [-0.39, 0.29) is 11.2 Å². The van der Waals surface area contributed by atoms with Gasteiger partial charge >= 0.3 is 0 Å². The van der Waals surface area contributed by atoms with E-state index < -0.39 is 5.82 Å². The Hall–Kier alpha value is -2.27. The van der Waals surface area contributed by atoms with Gasteiger partial charge in [0.1, 0.15) is 5.75 Å². The third-order valence-electron chi connectivity index (χ3n) is 4.77. The predicted octanol–water partition coefficient (Wildman–Crippen LogP) is 7.82. The molecule has 0 aromatic heterocycles. The average molecular weight is 463 g/mol. The van der Waals surface area contributed by atoms with Crippen molar-refractivity contribution in [1.29, 1.82) is 0 Å². The maximum atomic E-state index is 14.2. The Morgan fingerprint density at radius 2 is 1.61 bits per heavy atom. The van der Waals surface area contributed by atoms with Crippen LogP contribution in [0.2, 0.25) is 10.0 Å². The smallest absolute Gasteiger partial charge is 0.165 e. The van der Waals surface area contributed by atoms with Crippen LogP contribution in [0.5, 0.6) is 17.2 Å². The van der Waals surface area contributed by atoms with Crippen LogP contribution in [0.15, 0.2) is 60.7 Å². The number of hydrogen-bond donors (Lipinski definition) is 0. The van der Waals surface area contributed by atoms with Crippen molar-refractivity contribution < 1.29 is 18.6 Å². The molecular weight excluding hydrogens is 438 g/mol. The van der Waals surface area contributed by atoms with Gasteiger partial charge in [-0.05, 0) is 54.4 Å². The minimum Gasteiger partial charge on any atom is -0.491 e. The van der Waals surface area contributed by atoms with Crippen LogP contribution >= 0.6 is 23.2 Å². The Labute approximate surface area is 192 Å². The highest BCUT2D eigenvalue weighted by Crippen LogP contribution is 2.38. The molecule has 0 radical (unpaired) electrons. The highest BCUT2D eigenvalue weighted by atomic mass is 35.5. The lowest BCUT2D eigenvalue weighted by atomic mass is 9.85. The van der Waals surface area contributed by atoms with Crippen molar-refractivity contribution in [3.05, 3.63) is 87.7 Å². The van der Waals surface area contributed by atoms with Crippen LogP contribution in [0.1, 0.15) is 31.9 Å². The maximum Gasteiger partial charge on any atom is 0.165 e. The van der Waals surface area contributed by atoms with Crippen LogP contribution in [-0.4, -0.2) is 13.2 Å². The lowest BCUT2D eigenvalue weighted by Gasteiger charge is -2.26. The number of hydrogen-bond acceptors (Lipinski definition) is 3. The van der Waals surface area contributed by atoms with E-state index in [1.165, 1.54) is 6.07 Å². The Morgan fingerprint density at radius 1 is 0.935 bits per heavy atom. The number of rotatable bonds is 9. The summed E-state index contributed by atoms with van der Waals surface area (Å²) in [5.74, 6) is 0.802. The largest absolute Gasteiger partial charge is 0.491 e. The number of benzene rings is 3. The highest BCUT2D eigenvalue weighted by Gasteiger charge is 2.24. The maximum absolute atomic E-state index is 14.2. The van der Waals surface area contributed by atoms with E-state index >= 15 is 0 Å². The first kappa shape index (κ1) is 23.4. The molecule has 0 aliphatic heterocycles. The van der Waals surface area contributed by atoms with Crippen LogP contribution in [0.4, 0.5) is 4.39 Å². The molecule has 0 heterocycles. The molecule has 0 spiro atoms. The van der Waals surface area contributed by atoms with E-state index in [0.29, 0.717) is 41.4 Å². The molecule has 0 aliphatic carbocycles. The normalized spacial score (nSPS) is 11.4. The van der Waals surface area contributed by atoms with Crippen molar-refractivity contribution in [3.63, 3.8) is 0 Å². The van der Waals surface area contributed by atoms with Crippen LogP contribution in [0, 0.1) is 5.82 Å². The van der Waals surface area contributed by atoms with Gasteiger partial charge in [-0.1, -0.05) is 61.3 Å². The minimum atomic E-state index is -0.424. The fourth-order valence-corrected chi connectivity index (χ4v) is 3.67. The second-order valence-corrected chi connectivity index (χ2v) is 8.57.